The van der Waals surface area contributed by atoms with Gasteiger partial charge in [-0.3, -0.25) is 0 Å². The molecule has 1 N–H and O–H groups in total. The van der Waals surface area contributed by atoms with E-state index >= 15 is 0 Å². The lowest BCUT2D eigenvalue weighted by molar-refractivity contribution is 0.289. The summed E-state index contributed by atoms with van der Waals surface area (Å²) < 4.78 is 0. The summed E-state index contributed by atoms with van der Waals surface area (Å²) >= 11 is 0. The van der Waals surface area contributed by atoms with Gasteiger partial charge in [0, 0.05) is 25.4 Å². The number of nitrogens with zero attached hydrogens (tertiary/aromatic N) is 1. The van der Waals surface area contributed by atoms with Crippen LogP contribution in [0.15, 0.2) is 60.7 Å². The lowest BCUT2D eigenvalue weighted by Crippen LogP contribution is -2.24. The molecule has 0 saturated carbocycles. The molecule has 102 valence electrons. The monoisotopic (exact) mass is 277 g/mol. The minimum Gasteiger partial charge on any atom is -0.396 e. The van der Waals surface area contributed by atoms with Crippen molar-refractivity contribution in [2.24, 2.45) is 0 Å². The third-order valence-corrected chi connectivity index (χ3v) is 2.92. The van der Waals surface area contributed by atoms with Crippen molar-refractivity contribution >= 4 is 18.1 Å². The van der Waals surface area contributed by atoms with Crippen LogP contribution in [0.4, 0.5) is 5.69 Å². The summed E-state index contributed by atoms with van der Waals surface area (Å²) in [6.07, 6.45) is 0.793. The van der Waals surface area contributed by atoms with Crippen molar-refractivity contribution in [3.63, 3.8) is 0 Å². The molecule has 0 bridgehead atoms. The second-order valence-electron chi connectivity index (χ2n) is 4.32. The molecular weight excluding hydrogens is 258 g/mol. The van der Waals surface area contributed by atoms with E-state index in [2.05, 4.69) is 41.3 Å². The quantitative estimate of drug-likeness (QED) is 0.874. The van der Waals surface area contributed by atoms with Crippen LogP contribution in [0.1, 0.15) is 12.0 Å². The van der Waals surface area contributed by atoms with E-state index in [1.165, 1.54) is 11.3 Å². The van der Waals surface area contributed by atoms with Crippen molar-refractivity contribution in [1.82, 2.24) is 0 Å². The highest BCUT2D eigenvalue weighted by atomic mass is 35.5. The molecule has 0 aliphatic carbocycles. The zero-order chi connectivity index (χ0) is 12.6. The van der Waals surface area contributed by atoms with E-state index < -0.39 is 0 Å². The van der Waals surface area contributed by atoms with Crippen LogP contribution in [0.2, 0.25) is 0 Å². The van der Waals surface area contributed by atoms with Crippen LogP contribution in [0.5, 0.6) is 0 Å². The SMILES string of the molecule is Cl.OCCCN(Cc1ccccc1)c1ccccc1. The molecule has 0 heterocycles. The fourth-order valence-corrected chi connectivity index (χ4v) is 2.00. The third-order valence-electron chi connectivity index (χ3n) is 2.92. The normalized spacial score (nSPS) is 9.74. The number of halogens is 1. The summed E-state index contributed by atoms with van der Waals surface area (Å²) in [6.45, 7) is 1.98. The Morgan fingerprint density at radius 2 is 1.42 bits per heavy atom. The van der Waals surface area contributed by atoms with Crippen LogP contribution in [-0.4, -0.2) is 18.3 Å². The van der Waals surface area contributed by atoms with Crippen LogP contribution >= 0.6 is 12.4 Å². The van der Waals surface area contributed by atoms with Crippen molar-refractivity contribution in [1.29, 1.82) is 0 Å². The van der Waals surface area contributed by atoms with E-state index in [0.29, 0.717) is 0 Å². The zero-order valence-electron chi connectivity index (χ0n) is 10.9. The lowest BCUT2D eigenvalue weighted by Gasteiger charge is -2.24. The van der Waals surface area contributed by atoms with E-state index in [9.17, 15) is 0 Å². The Hall–Kier alpha value is -1.51. The largest absolute Gasteiger partial charge is 0.396 e. The van der Waals surface area contributed by atoms with Gasteiger partial charge in [0.1, 0.15) is 0 Å². The summed E-state index contributed by atoms with van der Waals surface area (Å²) in [4.78, 5) is 2.30. The fraction of sp³-hybridized carbons (Fsp3) is 0.250. The second kappa shape index (κ2) is 8.57. The van der Waals surface area contributed by atoms with Crippen LogP contribution in [0.3, 0.4) is 0 Å². The van der Waals surface area contributed by atoms with E-state index in [0.717, 1.165) is 19.5 Å². The maximum absolute atomic E-state index is 9.00. The lowest BCUT2D eigenvalue weighted by atomic mass is 10.2. The topological polar surface area (TPSA) is 23.5 Å². The average Bonchev–Trinajstić information content (AvgIpc) is 2.45. The van der Waals surface area contributed by atoms with Crippen molar-refractivity contribution < 1.29 is 5.11 Å². The molecular formula is C16H20ClNO. The van der Waals surface area contributed by atoms with E-state index in [1.807, 2.05) is 24.3 Å². The first kappa shape index (κ1) is 15.5. The highest BCUT2D eigenvalue weighted by Crippen LogP contribution is 2.16. The van der Waals surface area contributed by atoms with Gasteiger partial charge in [-0.15, -0.1) is 12.4 Å². The van der Waals surface area contributed by atoms with Gasteiger partial charge in [0.05, 0.1) is 0 Å². The summed E-state index contributed by atoms with van der Waals surface area (Å²) in [5, 5.41) is 9.00. The molecule has 0 unspecified atom stereocenters. The number of aliphatic hydroxyl groups is 1. The van der Waals surface area contributed by atoms with Gasteiger partial charge in [0.25, 0.3) is 0 Å². The van der Waals surface area contributed by atoms with Gasteiger partial charge in [-0.1, -0.05) is 48.5 Å². The second-order valence-corrected chi connectivity index (χ2v) is 4.32. The predicted octanol–water partition coefficient (Wildman–Crippen LogP) is 3.50. The standard InChI is InChI=1S/C16H19NO.ClH/c18-13-7-12-17(16-10-5-2-6-11-16)14-15-8-3-1-4-9-15;/h1-6,8-11,18H,7,12-14H2;1H. The molecule has 2 aromatic carbocycles. The molecule has 3 heteroatoms. The van der Waals surface area contributed by atoms with Crippen molar-refractivity contribution in [3.05, 3.63) is 66.2 Å². The molecule has 19 heavy (non-hydrogen) atoms. The average molecular weight is 278 g/mol. The Kier molecular flexibility index (Phi) is 7.01. The summed E-state index contributed by atoms with van der Waals surface area (Å²) in [5.41, 5.74) is 2.49. The van der Waals surface area contributed by atoms with Crippen LogP contribution in [-0.2, 0) is 6.54 Å². The summed E-state index contributed by atoms with van der Waals surface area (Å²) in [7, 11) is 0. The molecule has 0 aliphatic rings. The predicted molar refractivity (Wildman–Crippen MR) is 82.9 cm³/mol. The van der Waals surface area contributed by atoms with Gasteiger partial charge in [0.15, 0.2) is 0 Å². The zero-order valence-corrected chi connectivity index (χ0v) is 11.7. The number of rotatable bonds is 6. The smallest absolute Gasteiger partial charge is 0.0447 e. The minimum atomic E-state index is 0. The van der Waals surface area contributed by atoms with Gasteiger partial charge in [-0.25, -0.2) is 0 Å². The number of anilines is 1. The number of para-hydroxylation sites is 1. The summed E-state index contributed by atoms with van der Waals surface area (Å²) in [6, 6.07) is 20.8. The van der Waals surface area contributed by atoms with Gasteiger partial charge in [-0.2, -0.15) is 0 Å². The molecule has 0 aromatic heterocycles. The molecule has 2 rings (SSSR count). The van der Waals surface area contributed by atoms with Crippen LogP contribution < -0.4 is 4.90 Å². The Bertz CT molecular complexity index is 447. The molecule has 0 fully saturated rings. The Morgan fingerprint density at radius 3 is 2.00 bits per heavy atom. The minimum absolute atomic E-state index is 0. The third kappa shape index (κ3) is 4.93. The van der Waals surface area contributed by atoms with Crippen molar-refractivity contribution in [2.75, 3.05) is 18.1 Å². The molecule has 0 spiro atoms. The number of aliphatic hydroxyl groups excluding tert-OH is 1. The van der Waals surface area contributed by atoms with Gasteiger partial charge >= 0.3 is 0 Å². The molecule has 2 aromatic rings. The number of benzene rings is 2. The highest BCUT2D eigenvalue weighted by molar-refractivity contribution is 5.85. The first-order chi connectivity index (χ1) is 8.90. The molecule has 0 saturated heterocycles. The Balaban J connectivity index is 0.00000180. The van der Waals surface area contributed by atoms with E-state index in [4.69, 9.17) is 5.11 Å². The van der Waals surface area contributed by atoms with Crippen LogP contribution in [0, 0.1) is 0 Å². The van der Waals surface area contributed by atoms with Gasteiger partial charge in [-0.05, 0) is 24.1 Å². The fourth-order valence-electron chi connectivity index (χ4n) is 2.00. The molecule has 0 radical (unpaired) electrons. The van der Waals surface area contributed by atoms with E-state index in [-0.39, 0.29) is 19.0 Å². The first-order valence-electron chi connectivity index (χ1n) is 6.35. The van der Waals surface area contributed by atoms with Crippen LogP contribution in [0.25, 0.3) is 0 Å². The van der Waals surface area contributed by atoms with E-state index in [1.54, 1.807) is 0 Å². The molecule has 0 aliphatic heterocycles. The summed E-state index contributed by atoms with van der Waals surface area (Å²) in [5.74, 6) is 0. The Labute approximate surface area is 121 Å². The maximum atomic E-state index is 9.00. The molecule has 2 nitrogen and oxygen atoms in total. The molecule has 0 amide bonds. The van der Waals surface area contributed by atoms with Crippen molar-refractivity contribution in [2.45, 2.75) is 13.0 Å². The van der Waals surface area contributed by atoms with Gasteiger partial charge < -0.3 is 10.0 Å². The number of hydrogen-bond acceptors (Lipinski definition) is 2. The number of hydrogen-bond donors (Lipinski definition) is 1. The van der Waals surface area contributed by atoms with Crippen molar-refractivity contribution in [3.8, 4) is 0 Å². The van der Waals surface area contributed by atoms with Gasteiger partial charge in [0.2, 0.25) is 0 Å². The first-order valence-corrected chi connectivity index (χ1v) is 6.35. The Morgan fingerprint density at radius 1 is 0.842 bits per heavy atom. The highest BCUT2D eigenvalue weighted by Gasteiger charge is 2.06. The molecule has 0 atom stereocenters. The maximum Gasteiger partial charge on any atom is 0.0447 e.